The van der Waals surface area contributed by atoms with Crippen LogP contribution in [0.25, 0.3) is 0 Å². The van der Waals surface area contributed by atoms with Crippen LogP contribution in [0, 0.1) is 0 Å². The number of anilines is 1. The minimum Gasteiger partial charge on any atom is -0.378 e. The molecule has 0 aromatic carbocycles. The van der Waals surface area contributed by atoms with Crippen molar-refractivity contribution < 1.29 is 14.1 Å². The van der Waals surface area contributed by atoms with E-state index >= 15 is 0 Å². The van der Waals surface area contributed by atoms with Crippen molar-refractivity contribution in [3.8, 4) is 0 Å². The lowest BCUT2D eigenvalue weighted by atomic mass is 9.94. The van der Waals surface area contributed by atoms with E-state index in [0.717, 1.165) is 63.7 Å². The minimum absolute atomic E-state index is 0.149. The number of amides is 1. The van der Waals surface area contributed by atoms with Crippen molar-refractivity contribution in [2.75, 3.05) is 44.3 Å². The molecule has 4 heterocycles. The maximum absolute atomic E-state index is 11.1. The molecule has 2 aromatic rings. The van der Waals surface area contributed by atoms with Crippen LogP contribution < -0.4 is 10.6 Å². The highest BCUT2D eigenvalue weighted by atomic mass is 16.5. The van der Waals surface area contributed by atoms with Crippen molar-refractivity contribution in [2.45, 2.75) is 25.3 Å². The first-order chi connectivity index (χ1) is 13.2. The van der Waals surface area contributed by atoms with Crippen LogP contribution in [0.3, 0.4) is 0 Å². The highest BCUT2D eigenvalue weighted by molar-refractivity contribution is 5.87. The molecule has 0 spiro atoms. The molecule has 2 aromatic heterocycles. The summed E-state index contributed by atoms with van der Waals surface area (Å²) in [6, 6.07) is 2.10. The maximum atomic E-state index is 11.1. The first kappa shape index (κ1) is 17.8. The van der Waals surface area contributed by atoms with Crippen LogP contribution in [-0.4, -0.2) is 70.3 Å². The Morgan fingerprint density at radius 1 is 1.26 bits per heavy atom. The van der Waals surface area contributed by atoms with Gasteiger partial charge < -0.3 is 19.9 Å². The molecular formula is C17H23N7O3. The van der Waals surface area contributed by atoms with Crippen LogP contribution in [0.1, 0.15) is 41.0 Å². The fourth-order valence-electron chi connectivity index (χ4n) is 3.61. The van der Waals surface area contributed by atoms with Crippen LogP contribution in [0.4, 0.5) is 5.82 Å². The number of morpholine rings is 1. The lowest BCUT2D eigenvalue weighted by molar-refractivity contribution is 0.0958. The first-order valence-corrected chi connectivity index (χ1v) is 9.18. The second-order valence-electron chi connectivity index (χ2n) is 6.85. The molecule has 2 aliphatic heterocycles. The third-order valence-corrected chi connectivity index (χ3v) is 4.98. The summed E-state index contributed by atoms with van der Waals surface area (Å²) in [6.45, 7) is 5.48. The van der Waals surface area contributed by atoms with Gasteiger partial charge in [-0.1, -0.05) is 5.16 Å². The second-order valence-corrected chi connectivity index (χ2v) is 6.85. The van der Waals surface area contributed by atoms with Gasteiger partial charge in [0.05, 0.1) is 25.5 Å². The van der Waals surface area contributed by atoms with Gasteiger partial charge in [-0.3, -0.25) is 9.69 Å². The SMILES string of the molecule is NC(=O)c1nc(CN2CCCC(c3cc(N4CCOCC4)ncn3)C2)no1. The number of hydrogen-bond donors (Lipinski definition) is 1. The molecule has 10 heteroatoms. The molecule has 1 atom stereocenters. The van der Waals surface area contributed by atoms with Crippen molar-refractivity contribution >= 4 is 11.7 Å². The van der Waals surface area contributed by atoms with E-state index in [1.54, 1.807) is 6.33 Å². The molecule has 4 rings (SSSR count). The molecule has 10 nitrogen and oxygen atoms in total. The van der Waals surface area contributed by atoms with Gasteiger partial charge in [0.1, 0.15) is 12.1 Å². The number of likely N-dealkylation sites (tertiary alicyclic amines) is 1. The molecule has 2 N–H and O–H groups in total. The standard InChI is InChI=1S/C17H23N7O3/c18-16(25)17-21-14(22-27-17)10-23-3-1-2-12(9-23)13-8-15(20-11-19-13)24-4-6-26-7-5-24/h8,11-12H,1-7,9-10H2,(H2,18,25). The van der Waals surface area contributed by atoms with Crippen molar-refractivity contribution in [2.24, 2.45) is 5.73 Å². The molecule has 1 unspecified atom stereocenters. The Hall–Kier alpha value is -2.59. The first-order valence-electron chi connectivity index (χ1n) is 9.18. The van der Waals surface area contributed by atoms with Crippen LogP contribution in [0.2, 0.25) is 0 Å². The number of carbonyl (C=O) groups is 1. The summed E-state index contributed by atoms with van der Waals surface area (Å²) in [4.78, 5) is 28.6. The summed E-state index contributed by atoms with van der Waals surface area (Å²) in [5.41, 5.74) is 6.22. The van der Waals surface area contributed by atoms with Gasteiger partial charge in [-0.15, -0.1) is 0 Å². The predicted molar refractivity (Wildman–Crippen MR) is 95.1 cm³/mol. The number of nitrogens with zero attached hydrogens (tertiary/aromatic N) is 6. The Kier molecular flexibility index (Phi) is 5.26. The fourth-order valence-corrected chi connectivity index (χ4v) is 3.61. The van der Waals surface area contributed by atoms with Gasteiger partial charge in [0.15, 0.2) is 5.82 Å². The number of nitrogens with two attached hydrogens (primary N) is 1. The van der Waals surface area contributed by atoms with E-state index in [-0.39, 0.29) is 5.89 Å². The molecule has 27 heavy (non-hydrogen) atoms. The summed E-state index contributed by atoms with van der Waals surface area (Å²) >= 11 is 0. The molecule has 0 saturated carbocycles. The normalized spacial score (nSPS) is 21.3. The maximum Gasteiger partial charge on any atom is 0.315 e. The molecule has 0 radical (unpaired) electrons. The van der Waals surface area contributed by atoms with Crippen LogP contribution >= 0.6 is 0 Å². The zero-order valence-corrected chi connectivity index (χ0v) is 15.1. The minimum atomic E-state index is -0.707. The van der Waals surface area contributed by atoms with Crippen molar-refractivity contribution in [1.82, 2.24) is 25.0 Å². The van der Waals surface area contributed by atoms with Gasteiger partial charge in [0, 0.05) is 31.6 Å². The zero-order chi connectivity index (χ0) is 18.6. The number of carbonyl (C=O) groups excluding carboxylic acids is 1. The van der Waals surface area contributed by atoms with Gasteiger partial charge in [0.2, 0.25) is 0 Å². The van der Waals surface area contributed by atoms with E-state index < -0.39 is 5.91 Å². The monoisotopic (exact) mass is 373 g/mol. The Balaban J connectivity index is 1.42. The average Bonchev–Trinajstić information content (AvgIpc) is 3.18. The Morgan fingerprint density at radius 3 is 2.89 bits per heavy atom. The number of ether oxygens (including phenoxy) is 1. The van der Waals surface area contributed by atoms with Gasteiger partial charge in [-0.25, -0.2) is 9.97 Å². The average molecular weight is 373 g/mol. The van der Waals surface area contributed by atoms with Crippen molar-refractivity contribution in [3.05, 3.63) is 29.8 Å². The summed E-state index contributed by atoms with van der Waals surface area (Å²) in [5.74, 6) is 0.904. The summed E-state index contributed by atoms with van der Waals surface area (Å²) in [6.07, 6.45) is 3.79. The summed E-state index contributed by atoms with van der Waals surface area (Å²) in [7, 11) is 0. The smallest absolute Gasteiger partial charge is 0.315 e. The fraction of sp³-hybridized carbons (Fsp3) is 0.588. The van der Waals surface area contributed by atoms with E-state index in [0.29, 0.717) is 18.3 Å². The number of rotatable bonds is 5. The van der Waals surface area contributed by atoms with Crippen LogP contribution in [-0.2, 0) is 11.3 Å². The van der Waals surface area contributed by atoms with Gasteiger partial charge in [0.25, 0.3) is 0 Å². The topological polar surface area (TPSA) is 124 Å². The Labute approximate surface area is 156 Å². The highest BCUT2D eigenvalue weighted by Gasteiger charge is 2.25. The van der Waals surface area contributed by atoms with Crippen molar-refractivity contribution in [3.63, 3.8) is 0 Å². The van der Waals surface area contributed by atoms with Crippen LogP contribution in [0.5, 0.6) is 0 Å². The molecular weight excluding hydrogens is 350 g/mol. The van der Waals surface area contributed by atoms with E-state index in [9.17, 15) is 4.79 Å². The lowest BCUT2D eigenvalue weighted by Gasteiger charge is -2.32. The van der Waals surface area contributed by atoms with Gasteiger partial charge in [-0.05, 0) is 19.4 Å². The number of primary amides is 1. The molecule has 144 valence electrons. The summed E-state index contributed by atoms with van der Waals surface area (Å²) in [5, 5.41) is 3.83. The largest absolute Gasteiger partial charge is 0.378 e. The van der Waals surface area contributed by atoms with E-state index in [2.05, 4.69) is 36.0 Å². The lowest BCUT2D eigenvalue weighted by Crippen LogP contribution is -2.37. The quantitative estimate of drug-likeness (QED) is 0.781. The predicted octanol–water partition coefficient (Wildman–Crippen LogP) is 0.175. The van der Waals surface area contributed by atoms with E-state index in [4.69, 9.17) is 15.0 Å². The van der Waals surface area contributed by atoms with Gasteiger partial charge >= 0.3 is 11.8 Å². The number of piperidine rings is 1. The van der Waals surface area contributed by atoms with Crippen molar-refractivity contribution in [1.29, 1.82) is 0 Å². The summed E-state index contributed by atoms with van der Waals surface area (Å²) < 4.78 is 10.3. The molecule has 1 amide bonds. The Bertz CT molecular complexity index is 790. The highest BCUT2D eigenvalue weighted by Crippen LogP contribution is 2.28. The third kappa shape index (κ3) is 4.22. The molecule has 0 bridgehead atoms. The zero-order valence-electron chi connectivity index (χ0n) is 15.1. The number of aromatic nitrogens is 4. The number of hydrogen-bond acceptors (Lipinski definition) is 9. The molecule has 2 saturated heterocycles. The third-order valence-electron chi connectivity index (χ3n) is 4.98. The Morgan fingerprint density at radius 2 is 2.11 bits per heavy atom. The van der Waals surface area contributed by atoms with E-state index in [1.165, 1.54) is 0 Å². The molecule has 2 aliphatic rings. The van der Waals surface area contributed by atoms with Gasteiger partial charge in [-0.2, -0.15) is 4.98 Å². The van der Waals surface area contributed by atoms with E-state index in [1.807, 2.05) is 0 Å². The molecule has 0 aliphatic carbocycles. The second kappa shape index (κ2) is 7.97. The molecule has 2 fully saturated rings. The van der Waals surface area contributed by atoms with Crippen LogP contribution in [0.15, 0.2) is 16.9 Å².